The minimum absolute atomic E-state index is 0.464. The Hall–Kier alpha value is -1.41. The van der Waals surface area contributed by atoms with E-state index >= 15 is 0 Å². The van der Waals surface area contributed by atoms with Gasteiger partial charge in [-0.2, -0.15) is 0 Å². The molecule has 0 radical (unpaired) electrons. The second-order valence-electron chi connectivity index (χ2n) is 4.04. The van der Waals surface area contributed by atoms with Gasteiger partial charge in [0.25, 0.3) is 0 Å². The van der Waals surface area contributed by atoms with Gasteiger partial charge in [0, 0.05) is 10.9 Å². The Morgan fingerprint density at radius 1 is 1.12 bits per heavy atom. The second kappa shape index (κ2) is 5.28. The Morgan fingerprint density at radius 3 is 2.47 bits per heavy atom. The zero-order chi connectivity index (χ0) is 12.3. The van der Waals surface area contributed by atoms with Gasteiger partial charge in [-0.15, -0.1) is 0 Å². The molecule has 0 amide bonds. The molecule has 0 heterocycles. The summed E-state index contributed by atoms with van der Waals surface area (Å²) in [5.74, 6) is 0. The molecule has 0 saturated carbocycles. The first-order valence-electron chi connectivity index (χ1n) is 5.50. The van der Waals surface area contributed by atoms with Crippen LogP contribution in [0.3, 0.4) is 0 Å². The van der Waals surface area contributed by atoms with Crippen molar-refractivity contribution in [1.82, 2.24) is 0 Å². The van der Waals surface area contributed by atoms with E-state index in [4.69, 9.17) is 0 Å². The lowest BCUT2D eigenvalue weighted by Gasteiger charge is -2.09. The Kier molecular flexibility index (Phi) is 3.75. The molecule has 0 aromatic heterocycles. The lowest BCUT2D eigenvalue weighted by atomic mass is 9.96. The van der Waals surface area contributed by atoms with E-state index in [9.17, 15) is 4.79 Å². The average molecular weight is 289 g/mol. The van der Waals surface area contributed by atoms with Gasteiger partial charge in [-0.05, 0) is 35.7 Å². The lowest BCUT2D eigenvalue weighted by molar-refractivity contribution is -0.107. The molecular weight excluding hydrogens is 276 g/mol. The Morgan fingerprint density at radius 2 is 1.82 bits per heavy atom. The molecule has 0 N–H and O–H groups in total. The standard InChI is InChI=1S/C15H13BrO/c1-11-2-3-13(8-9-17)15(10-11)12-4-6-14(16)7-5-12/h2-7,9-10H,8H2,1H3. The van der Waals surface area contributed by atoms with Gasteiger partial charge in [-0.3, -0.25) is 0 Å². The Bertz CT molecular complexity index is 529. The first-order chi connectivity index (χ1) is 8.20. The minimum Gasteiger partial charge on any atom is -0.303 e. The quantitative estimate of drug-likeness (QED) is 0.775. The van der Waals surface area contributed by atoms with Crippen LogP contribution in [-0.2, 0) is 11.2 Å². The molecule has 0 aliphatic carbocycles. The van der Waals surface area contributed by atoms with E-state index in [1.54, 1.807) is 0 Å². The highest BCUT2D eigenvalue weighted by molar-refractivity contribution is 9.10. The van der Waals surface area contributed by atoms with Crippen LogP contribution >= 0.6 is 15.9 Å². The van der Waals surface area contributed by atoms with Gasteiger partial charge >= 0.3 is 0 Å². The van der Waals surface area contributed by atoms with E-state index in [0.717, 1.165) is 27.4 Å². The van der Waals surface area contributed by atoms with Crippen LogP contribution in [0.2, 0.25) is 0 Å². The maximum Gasteiger partial charge on any atom is 0.124 e. The summed E-state index contributed by atoms with van der Waals surface area (Å²) in [5.41, 5.74) is 4.57. The molecule has 2 aromatic rings. The molecule has 0 bridgehead atoms. The van der Waals surface area contributed by atoms with Gasteiger partial charge in [-0.25, -0.2) is 0 Å². The maximum atomic E-state index is 10.7. The van der Waals surface area contributed by atoms with Crippen molar-refractivity contribution in [3.05, 3.63) is 58.1 Å². The third kappa shape index (κ3) is 2.83. The van der Waals surface area contributed by atoms with Crippen LogP contribution in [0, 0.1) is 6.92 Å². The summed E-state index contributed by atoms with van der Waals surface area (Å²) in [6.45, 7) is 2.06. The molecule has 0 aliphatic rings. The van der Waals surface area contributed by atoms with Crippen LogP contribution in [0.25, 0.3) is 11.1 Å². The zero-order valence-corrected chi connectivity index (χ0v) is 11.2. The summed E-state index contributed by atoms with van der Waals surface area (Å²) in [6.07, 6.45) is 1.42. The highest BCUT2D eigenvalue weighted by Gasteiger charge is 2.05. The second-order valence-corrected chi connectivity index (χ2v) is 4.95. The predicted molar refractivity (Wildman–Crippen MR) is 74.1 cm³/mol. The van der Waals surface area contributed by atoms with Crippen LogP contribution < -0.4 is 0 Å². The van der Waals surface area contributed by atoms with Gasteiger partial charge < -0.3 is 4.79 Å². The molecule has 0 spiro atoms. The van der Waals surface area contributed by atoms with Crippen LogP contribution in [0.5, 0.6) is 0 Å². The lowest BCUT2D eigenvalue weighted by Crippen LogP contribution is -1.92. The molecule has 0 atom stereocenters. The van der Waals surface area contributed by atoms with Crippen molar-refractivity contribution < 1.29 is 4.79 Å². The number of aldehydes is 1. The molecule has 17 heavy (non-hydrogen) atoms. The first kappa shape index (κ1) is 12.1. The summed E-state index contributed by atoms with van der Waals surface area (Å²) in [7, 11) is 0. The van der Waals surface area contributed by atoms with Crippen molar-refractivity contribution in [3.63, 3.8) is 0 Å². The normalized spacial score (nSPS) is 10.2. The topological polar surface area (TPSA) is 17.1 Å². The first-order valence-corrected chi connectivity index (χ1v) is 6.29. The summed E-state index contributed by atoms with van der Waals surface area (Å²) in [6, 6.07) is 14.4. The largest absolute Gasteiger partial charge is 0.303 e. The Balaban J connectivity index is 2.52. The summed E-state index contributed by atoms with van der Waals surface area (Å²) in [5, 5.41) is 0. The van der Waals surface area contributed by atoms with Crippen molar-refractivity contribution in [2.45, 2.75) is 13.3 Å². The predicted octanol–water partition coefficient (Wildman–Crippen LogP) is 4.17. The summed E-state index contributed by atoms with van der Waals surface area (Å²) < 4.78 is 1.06. The highest BCUT2D eigenvalue weighted by atomic mass is 79.9. The average Bonchev–Trinajstić information content (AvgIpc) is 2.33. The fourth-order valence-corrected chi connectivity index (χ4v) is 2.12. The van der Waals surface area contributed by atoms with Crippen LogP contribution in [0.1, 0.15) is 11.1 Å². The molecule has 86 valence electrons. The number of halogens is 1. The molecule has 2 rings (SSSR count). The highest BCUT2D eigenvalue weighted by Crippen LogP contribution is 2.26. The van der Waals surface area contributed by atoms with E-state index in [-0.39, 0.29) is 0 Å². The summed E-state index contributed by atoms with van der Waals surface area (Å²) in [4.78, 5) is 10.7. The van der Waals surface area contributed by atoms with Crippen molar-refractivity contribution in [3.8, 4) is 11.1 Å². The third-order valence-electron chi connectivity index (χ3n) is 2.72. The van der Waals surface area contributed by atoms with Crippen molar-refractivity contribution >= 4 is 22.2 Å². The molecule has 0 aliphatic heterocycles. The van der Waals surface area contributed by atoms with Crippen LogP contribution in [-0.4, -0.2) is 6.29 Å². The van der Waals surface area contributed by atoms with Gasteiger partial charge in [0.05, 0.1) is 0 Å². The van der Waals surface area contributed by atoms with Gasteiger partial charge in [-0.1, -0.05) is 51.8 Å². The van der Waals surface area contributed by atoms with Crippen LogP contribution in [0.4, 0.5) is 0 Å². The smallest absolute Gasteiger partial charge is 0.124 e. The van der Waals surface area contributed by atoms with Crippen molar-refractivity contribution in [2.24, 2.45) is 0 Å². The van der Waals surface area contributed by atoms with E-state index in [1.165, 1.54) is 5.56 Å². The molecular formula is C15H13BrO. The summed E-state index contributed by atoms with van der Waals surface area (Å²) >= 11 is 3.43. The number of aryl methyl sites for hydroxylation is 1. The van der Waals surface area contributed by atoms with Crippen LogP contribution in [0.15, 0.2) is 46.9 Å². The molecule has 2 heteroatoms. The van der Waals surface area contributed by atoms with Gasteiger partial charge in [0.2, 0.25) is 0 Å². The molecule has 0 saturated heterocycles. The number of hydrogen-bond donors (Lipinski definition) is 0. The molecule has 2 aromatic carbocycles. The number of carbonyl (C=O) groups is 1. The fraction of sp³-hybridized carbons (Fsp3) is 0.133. The molecule has 0 fully saturated rings. The number of benzene rings is 2. The SMILES string of the molecule is Cc1ccc(CC=O)c(-c2ccc(Br)cc2)c1. The fourth-order valence-electron chi connectivity index (χ4n) is 1.86. The monoisotopic (exact) mass is 288 g/mol. The zero-order valence-electron chi connectivity index (χ0n) is 9.61. The number of hydrogen-bond acceptors (Lipinski definition) is 1. The van der Waals surface area contributed by atoms with Gasteiger partial charge in [0.1, 0.15) is 6.29 Å². The third-order valence-corrected chi connectivity index (χ3v) is 3.25. The van der Waals surface area contributed by atoms with E-state index in [0.29, 0.717) is 6.42 Å². The number of rotatable bonds is 3. The maximum absolute atomic E-state index is 10.7. The van der Waals surface area contributed by atoms with Crippen molar-refractivity contribution in [1.29, 1.82) is 0 Å². The molecule has 0 unspecified atom stereocenters. The minimum atomic E-state index is 0.464. The van der Waals surface area contributed by atoms with E-state index in [1.807, 2.05) is 24.3 Å². The Labute approximate surface area is 110 Å². The molecule has 1 nitrogen and oxygen atoms in total. The number of carbonyl (C=O) groups excluding carboxylic acids is 1. The van der Waals surface area contributed by atoms with Gasteiger partial charge in [0.15, 0.2) is 0 Å². The van der Waals surface area contributed by atoms with Crippen molar-refractivity contribution in [2.75, 3.05) is 0 Å². The van der Waals surface area contributed by atoms with E-state index in [2.05, 4.69) is 41.1 Å². The van der Waals surface area contributed by atoms with E-state index < -0.39 is 0 Å².